The highest BCUT2D eigenvalue weighted by Gasteiger charge is 2.17. The van der Waals surface area contributed by atoms with Gasteiger partial charge in [0.2, 0.25) is 0 Å². The van der Waals surface area contributed by atoms with Crippen LogP contribution in [0.3, 0.4) is 0 Å². The minimum absolute atomic E-state index is 0.842. The summed E-state index contributed by atoms with van der Waals surface area (Å²) in [4.78, 5) is 4.32. The molecule has 26 heavy (non-hydrogen) atoms. The lowest BCUT2D eigenvalue weighted by Gasteiger charge is -2.22. The van der Waals surface area contributed by atoms with E-state index in [4.69, 9.17) is 4.74 Å². The molecule has 0 atom stereocenters. The van der Waals surface area contributed by atoms with Crippen LogP contribution in [0.4, 0.5) is 0 Å². The van der Waals surface area contributed by atoms with E-state index in [1.165, 1.54) is 54.4 Å². The third-order valence-electron chi connectivity index (χ3n) is 5.28. The van der Waals surface area contributed by atoms with Crippen molar-refractivity contribution >= 4 is 6.08 Å². The van der Waals surface area contributed by atoms with Crippen LogP contribution in [0.1, 0.15) is 68.5 Å². The molecule has 1 aromatic carbocycles. The fourth-order valence-electron chi connectivity index (χ4n) is 3.82. The second-order valence-corrected chi connectivity index (χ2v) is 7.47. The van der Waals surface area contributed by atoms with Crippen molar-refractivity contribution < 1.29 is 4.74 Å². The third kappa shape index (κ3) is 4.57. The fourth-order valence-corrected chi connectivity index (χ4v) is 3.82. The van der Waals surface area contributed by atoms with E-state index in [-0.39, 0.29) is 0 Å². The first-order chi connectivity index (χ1) is 12.7. The van der Waals surface area contributed by atoms with E-state index in [2.05, 4.69) is 54.7 Å². The van der Waals surface area contributed by atoms with Gasteiger partial charge in [-0.15, -0.1) is 0 Å². The third-order valence-corrected chi connectivity index (χ3v) is 5.28. The molecule has 0 spiro atoms. The molecule has 0 N–H and O–H groups in total. The van der Waals surface area contributed by atoms with Gasteiger partial charge in [0.25, 0.3) is 0 Å². The molecule has 0 fully saturated rings. The highest BCUT2D eigenvalue weighted by Crippen LogP contribution is 2.33. The number of aromatic nitrogens is 2. The van der Waals surface area contributed by atoms with Gasteiger partial charge in [-0.05, 0) is 68.7 Å². The van der Waals surface area contributed by atoms with Crippen LogP contribution >= 0.6 is 0 Å². The molecule has 0 unspecified atom stereocenters. The van der Waals surface area contributed by atoms with E-state index >= 15 is 0 Å². The Morgan fingerprint density at radius 3 is 2.73 bits per heavy atom. The second-order valence-electron chi connectivity index (χ2n) is 7.47. The molecule has 0 radical (unpaired) electrons. The van der Waals surface area contributed by atoms with Crippen LogP contribution in [0, 0.1) is 6.92 Å². The smallest absolute Gasteiger partial charge is 0.122 e. The fraction of sp³-hybridized carbons (Fsp3) is 0.522. The molecule has 1 aliphatic rings. The number of nitrogens with zero attached hydrogens (tertiary/aromatic N) is 2. The number of hydrogen-bond acceptors (Lipinski definition) is 2. The van der Waals surface area contributed by atoms with Gasteiger partial charge < -0.3 is 9.30 Å². The standard InChI is InChI=1S/C23H32N2O/c1-4-5-8-15-26-23-12-11-20(21-9-6-7-10-22(21)23)16-18(2)17-25-14-13-24-19(25)3/h11-14,16H,4-10,15,17H2,1-3H3/b18-16+. The summed E-state index contributed by atoms with van der Waals surface area (Å²) in [5.41, 5.74) is 5.69. The predicted molar refractivity (Wildman–Crippen MR) is 109 cm³/mol. The molecule has 0 amide bonds. The molecular formula is C23H32N2O. The number of rotatable bonds is 8. The summed E-state index contributed by atoms with van der Waals surface area (Å²) in [5, 5.41) is 0. The zero-order chi connectivity index (χ0) is 18.4. The lowest BCUT2D eigenvalue weighted by molar-refractivity contribution is 0.302. The van der Waals surface area contributed by atoms with Gasteiger partial charge in [-0.25, -0.2) is 4.98 Å². The first kappa shape index (κ1) is 18.8. The quantitative estimate of drug-likeness (QED) is 0.566. The first-order valence-electron chi connectivity index (χ1n) is 10.1. The number of benzene rings is 1. The summed E-state index contributed by atoms with van der Waals surface area (Å²) in [6.07, 6.45) is 14.8. The molecule has 3 rings (SSSR count). The molecule has 0 saturated heterocycles. The van der Waals surface area contributed by atoms with E-state index < -0.39 is 0 Å². The van der Waals surface area contributed by atoms with Gasteiger partial charge in [-0.3, -0.25) is 0 Å². The van der Waals surface area contributed by atoms with Crippen LogP contribution in [0.15, 0.2) is 30.1 Å². The predicted octanol–water partition coefficient (Wildman–Crippen LogP) is 5.74. The maximum Gasteiger partial charge on any atom is 0.122 e. The number of imidazole rings is 1. The van der Waals surface area contributed by atoms with E-state index in [1.54, 1.807) is 0 Å². The average Bonchev–Trinajstić information content (AvgIpc) is 3.05. The van der Waals surface area contributed by atoms with E-state index in [1.807, 2.05) is 6.20 Å². The Hall–Kier alpha value is -2.03. The number of unbranched alkanes of at least 4 members (excludes halogenated alkanes) is 2. The summed E-state index contributed by atoms with van der Waals surface area (Å²) in [7, 11) is 0. The Bertz CT molecular complexity index is 758. The van der Waals surface area contributed by atoms with Crippen LogP contribution in [-0.2, 0) is 19.4 Å². The maximum absolute atomic E-state index is 6.13. The van der Waals surface area contributed by atoms with Crippen molar-refractivity contribution in [2.75, 3.05) is 6.61 Å². The highest BCUT2D eigenvalue weighted by atomic mass is 16.5. The summed E-state index contributed by atoms with van der Waals surface area (Å²) in [6, 6.07) is 4.45. The number of fused-ring (bicyclic) bond motifs is 1. The molecule has 140 valence electrons. The van der Waals surface area contributed by atoms with Crippen molar-refractivity contribution in [3.05, 3.63) is 52.6 Å². The molecule has 0 saturated carbocycles. The zero-order valence-corrected chi connectivity index (χ0v) is 16.6. The van der Waals surface area contributed by atoms with Gasteiger partial charge in [0.15, 0.2) is 0 Å². The lowest BCUT2D eigenvalue weighted by Crippen LogP contribution is -2.09. The van der Waals surface area contributed by atoms with Crippen LogP contribution in [0.2, 0.25) is 0 Å². The molecule has 3 heteroatoms. The lowest BCUT2D eigenvalue weighted by atomic mass is 9.87. The summed E-state index contributed by atoms with van der Waals surface area (Å²) in [5.74, 6) is 2.19. The SMILES string of the molecule is CCCCCOc1ccc(/C=C(\C)Cn2ccnc2C)c2c1CCCC2. The van der Waals surface area contributed by atoms with Gasteiger partial charge >= 0.3 is 0 Å². The summed E-state index contributed by atoms with van der Waals surface area (Å²) in [6.45, 7) is 8.24. The minimum atomic E-state index is 0.842. The van der Waals surface area contributed by atoms with Crippen molar-refractivity contribution in [1.82, 2.24) is 9.55 Å². The van der Waals surface area contributed by atoms with Crippen LogP contribution in [0.5, 0.6) is 5.75 Å². The molecule has 3 nitrogen and oxygen atoms in total. The van der Waals surface area contributed by atoms with Gasteiger partial charge in [0.1, 0.15) is 11.6 Å². The van der Waals surface area contributed by atoms with E-state index in [0.717, 1.165) is 37.6 Å². The van der Waals surface area contributed by atoms with Crippen molar-refractivity contribution in [3.63, 3.8) is 0 Å². The van der Waals surface area contributed by atoms with Crippen LogP contribution < -0.4 is 4.74 Å². The van der Waals surface area contributed by atoms with Gasteiger partial charge in [-0.1, -0.05) is 37.5 Å². The van der Waals surface area contributed by atoms with E-state index in [0.29, 0.717) is 0 Å². The van der Waals surface area contributed by atoms with Gasteiger partial charge in [0.05, 0.1) is 6.61 Å². The molecular weight excluding hydrogens is 320 g/mol. The molecule has 1 aliphatic carbocycles. The highest BCUT2D eigenvalue weighted by molar-refractivity contribution is 5.61. The molecule has 0 aliphatic heterocycles. The van der Waals surface area contributed by atoms with Crippen molar-refractivity contribution in [2.24, 2.45) is 0 Å². The Balaban J connectivity index is 1.79. The normalized spacial score (nSPS) is 14.3. The minimum Gasteiger partial charge on any atom is -0.493 e. The maximum atomic E-state index is 6.13. The Morgan fingerprint density at radius 1 is 1.19 bits per heavy atom. The van der Waals surface area contributed by atoms with Crippen molar-refractivity contribution in [2.45, 2.75) is 72.3 Å². The number of allylic oxidation sites excluding steroid dienone is 1. The Labute approximate surface area is 158 Å². The molecule has 2 aromatic rings. The zero-order valence-electron chi connectivity index (χ0n) is 16.6. The van der Waals surface area contributed by atoms with E-state index in [9.17, 15) is 0 Å². The monoisotopic (exact) mass is 352 g/mol. The van der Waals surface area contributed by atoms with Crippen LogP contribution in [0.25, 0.3) is 6.08 Å². The van der Waals surface area contributed by atoms with Crippen molar-refractivity contribution in [3.8, 4) is 5.75 Å². The number of ether oxygens (including phenoxy) is 1. The Morgan fingerprint density at radius 2 is 2.00 bits per heavy atom. The second kappa shape index (κ2) is 9.07. The number of aryl methyl sites for hydroxylation is 1. The average molecular weight is 353 g/mol. The molecule has 1 aromatic heterocycles. The van der Waals surface area contributed by atoms with Crippen LogP contribution in [-0.4, -0.2) is 16.2 Å². The number of hydrogen-bond donors (Lipinski definition) is 0. The van der Waals surface area contributed by atoms with Gasteiger partial charge in [-0.2, -0.15) is 0 Å². The molecule has 0 bridgehead atoms. The first-order valence-corrected chi connectivity index (χ1v) is 10.1. The largest absolute Gasteiger partial charge is 0.493 e. The molecule has 1 heterocycles. The van der Waals surface area contributed by atoms with Gasteiger partial charge in [0, 0.05) is 18.9 Å². The Kier molecular flexibility index (Phi) is 6.54. The van der Waals surface area contributed by atoms with Crippen molar-refractivity contribution in [1.29, 1.82) is 0 Å². The summed E-state index contributed by atoms with van der Waals surface area (Å²) >= 11 is 0. The summed E-state index contributed by atoms with van der Waals surface area (Å²) < 4.78 is 8.33. The topological polar surface area (TPSA) is 27.1 Å².